The Labute approximate surface area is 104 Å². The van der Waals surface area contributed by atoms with Crippen LogP contribution >= 0.6 is 0 Å². The van der Waals surface area contributed by atoms with Gasteiger partial charge in [0.25, 0.3) is 10.1 Å². The second-order valence-electron chi connectivity index (χ2n) is 6.17. The molecule has 2 atom stereocenters. The molecule has 0 aromatic heterocycles. The maximum absolute atomic E-state index is 11.3. The van der Waals surface area contributed by atoms with Gasteiger partial charge in [-0.3, -0.25) is 4.55 Å². The highest BCUT2D eigenvalue weighted by Crippen LogP contribution is 2.57. The lowest BCUT2D eigenvalue weighted by molar-refractivity contribution is -0.118. The van der Waals surface area contributed by atoms with Gasteiger partial charge in [-0.25, -0.2) is 0 Å². The maximum Gasteiger partial charge on any atom is 0.265 e. The van der Waals surface area contributed by atoms with Crippen molar-refractivity contribution in [3.05, 3.63) is 0 Å². The Hall–Kier alpha value is -0.420. The lowest BCUT2D eigenvalue weighted by atomic mass is 9.66. The second-order valence-corrected chi connectivity index (χ2v) is 7.62. The van der Waals surface area contributed by atoms with Gasteiger partial charge in [-0.1, -0.05) is 20.8 Å². The number of rotatable bonds is 4. The zero-order chi connectivity index (χ0) is 13.5. The van der Waals surface area contributed by atoms with E-state index in [1.807, 2.05) is 20.8 Å². The van der Waals surface area contributed by atoms with E-state index in [0.29, 0.717) is 6.42 Å². The van der Waals surface area contributed by atoms with Crippen molar-refractivity contribution < 1.29 is 17.8 Å². The van der Waals surface area contributed by atoms with Crippen LogP contribution in [-0.2, 0) is 14.9 Å². The average molecular weight is 262 g/mol. The van der Waals surface area contributed by atoms with Crippen molar-refractivity contribution in [1.82, 2.24) is 0 Å². The first kappa shape index (κ1) is 14.6. The molecule has 1 saturated carbocycles. The number of carbonyl (C=O) groups excluding carboxylic acids is 1. The largest absolute Gasteiger partial charge is 0.300 e. The van der Waals surface area contributed by atoms with Crippen LogP contribution in [0.15, 0.2) is 0 Å². The van der Waals surface area contributed by atoms with Crippen molar-refractivity contribution in [3.8, 4) is 0 Å². The molecule has 0 radical (unpaired) electrons. The molecule has 0 spiro atoms. The first-order valence-corrected chi connectivity index (χ1v) is 7.53. The lowest BCUT2D eigenvalue weighted by Gasteiger charge is -2.41. The third-order valence-electron chi connectivity index (χ3n) is 4.58. The van der Waals surface area contributed by atoms with Crippen molar-refractivity contribution in [2.45, 2.75) is 47.0 Å². The van der Waals surface area contributed by atoms with Crippen molar-refractivity contribution >= 4 is 15.9 Å². The van der Waals surface area contributed by atoms with Crippen LogP contribution in [0.25, 0.3) is 0 Å². The Morgan fingerprint density at radius 1 is 1.35 bits per heavy atom. The molecule has 1 N–H and O–H groups in total. The van der Waals surface area contributed by atoms with E-state index in [2.05, 4.69) is 0 Å². The first-order chi connectivity index (χ1) is 7.48. The van der Waals surface area contributed by atoms with E-state index in [1.54, 1.807) is 0 Å². The molecule has 0 aromatic carbocycles. The Bertz CT molecular complexity index is 410. The molecular formula is C12H22O4S. The number of hydrogen-bond acceptors (Lipinski definition) is 3. The summed E-state index contributed by atoms with van der Waals surface area (Å²) in [6.45, 7) is 7.43. The molecule has 1 aliphatic carbocycles. The van der Waals surface area contributed by atoms with Crippen LogP contribution in [0.5, 0.6) is 0 Å². The Kier molecular flexibility index (Phi) is 3.75. The minimum absolute atomic E-state index is 0.0388. The van der Waals surface area contributed by atoms with Crippen LogP contribution in [0.2, 0.25) is 0 Å². The summed E-state index contributed by atoms with van der Waals surface area (Å²) in [6, 6.07) is 0. The summed E-state index contributed by atoms with van der Waals surface area (Å²) in [5, 5.41) is 0. The maximum atomic E-state index is 11.3. The van der Waals surface area contributed by atoms with E-state index < -0.39 is 15.5 Å². The normalized spacial score (nSPS) is 32.6. The Morgan fingerprint density at radius 2 is 1.88 bits per heavy atom. The number of hydrogen-bond donors (Lipinski definition) is 1. The predicted molar refractivity (Wildman–Crippen MR) is 66.3 cm³/mol. The summed E-state index contributed by atoms with van der Waals surface area (Å²) in [5.74, 6) is -0.142. The van der Waals surface area contributed by atoms with Gasteiger partial charge in [0, 0.05) is 6.42 Å². The third kappa shape index (κ3) is 3.07. The van der Waals surface area contributed by atoms with Crippen LogP contribution in [0.4, 0.5) is 0 Å². The summed E-state index contributed by atoms with van der Waals surface area (Å²) in [4.78, 5) is 11.3. The smallest absolute Gasteiger partial charge is 0.265 e. The molecule has 0 heterocycles. The van der Waals surface area contributed by atoms with Crippen LogP contribution in [0.3, 0.4) is 0 Å². The highest BCUT2D eigenvalue weighted by molar-refractivity contribution is 7.85. The Balaban J connectivity index is 3.06. The van der Waals surface area contributed by atoms with Gasteiger partial charge < -0.3 is 4.79 Å². The monoisotopic (exact) mass is 262 g/mol. The minimum Gasteiger partial charge on any atom is -0.300 e. The molecule has 5 heteroatoms. The molecule has 100 valence electrons. The van der Waals surface area contributed by atoms with Crippen LogP contribution < -0.4 is 0 Å². The van der Waals surface area contributed by atoms with E-state index in [-0.39, 0.29) is 22.9 Å². The van der Waals surface area contributed by atoms with E-state index in [4.69, 9.17) is 4.55 Å². The predicted octanol–water partition coefficient (Wildman–Crippen LogP) is 2.30. The van der Waals surface area contributed by atoms with Crippen molar-refractivity contribution in [1.29, 1.82) is 0 Å². The minimum atomic E-state index is -4.02. The second kappa shape index (κ2) is 4.35. The molecule has 0 amide bonds. The van der Waals surface area contributed by atoms with Gasteiger partial charge in [0.15, 0.2) is 0 Å². The molecule has 1 aliphatic rings. The fourth-order valence-electron chi connectivity index (χ4n) is 3.06. The highest BCUT2D eigenvalue weighted by atomic mass is 32.2. The summed E-state index contributed by atoms with van der Waals surface area (Å²) >= 11 is 0. The summed E-state index contributed by atoms with van der Waals surface area (Å²) < 4.78 is 31.5. The molecule has 4 nitrogen and oxygen atoms in total. The first-order valence-electron chi connectivity index (χ1n) is 5.92. The standard InChI is InChI=1S/C12H22O4S/c1-9(13)7-10-5-6-11(2,3)12(10,4)8-17(14,15)16/h10H,5-8H2,1-4H3,(H,14,15,16). The lowest BCUT2D eigenvalue weighted by Crippen LogP contribution is -2.41. The van der Waals surface area contributed by atoms with Gasteiger partial charge in [0.2, 0.25) is 0 Å². The topological polar surface area (TPSA) is 71.4 Å². The van der Waals surface area contributed by atoms with Gasteiger partial charge in [-0.15, -0.1) is 0 Å². The summed E-state index contributed by atoms with van der Waals surface area (Å²) in [6.07, 6.45) is 2.13. The molecule has 1 rings (SSSR count). The van der Waals surface area contributed by atoms with Gasteiger partial charge in [0.1, 0.15) is 5.78 Å². The van der Waals surface area contributed by atoms with Crippen molar-refractivity contribution in [3.63, 3.8) is 0 Å². The SMILES string of the molecule is CC(=O)CC1CCC(C)(C)C1(C)CS(=O)(=O)O. The zero-order valence-electron chi connectivity index (χ0n) is 11.0. The molecule has 0 bridgehead atoms. The van der Waals surface area contributed by atoms with E-state index >= 15 is 0 Å². The molecule has 0 aromatic rings. The molecule has 17 heavy (non-hydrogen) atoms. The van der Waals surface area contributed by atoms with Crippen molar-refractivity contribution in [2.75, 3.05) is 5.75 Å². The van der Waals surface area contributed by atoms with Gasteiger partial charge >= 0.3 is 0 Å². The fourth-order valence-corrected chi connectivity index (χ4v) is 4.44. The van der Waals surface area contributed by atoms with E-state index in [1.165, 1.54) is 6.92 Å². The van der Waals surface area contributed by atoms with Crippen LogP contribution in [0, 0.1) is 16.7 Å². The summed E-state index contributed by atoms with van der Waals surface area (Å²) in [5.41, 5.74) is -0.713. The molecule has 2 unspecified atom stereocenters. The van der Waals surface area contributed by atoms with Crippen molar-refractivity contribution in [2.24, 2.45) is 16.7 Å². The van der Waals surface area contributed by atoms with E-state index in [0.717, 1.165) is 12.8 Å². The molecule has 0 saturated heterocycles. The van der Waals surface area contributed by atoms with Gasteiger partial charge in [0.05, 0.1) is 5.75 Å². The Morgan fingerprint density at radius 3 is 2.29 bits per heavy atom. The molecule has 1 fully saturated rings. The highest BCUT2D eigenvalue weighted by Gasteiger charge is 2.53. The van der Waals surface area contributed by atoms with Gasteiger partial charge in [-0.2, -0.15) is 8.42 Å². The average Bonchev–Trinajstić information content (AvgIpc) is 2.25. The van der Waals surface area contributed by atoms with E-state index in [9.17, 15) is 13.2 Å². The number of carbonyl (C=O) groups is 1. The van der Waals surface area contributed by atoms with Crippen LogP contribution in [0.1, 0.15) is 47.0 Å². The van der Waals surface area contributed by atoms with Gasteiger partial charge in [-0.05, 0) is 36.5 Å². The zero-order valence-corrected chi connectivity index (χ0v) is 11.8. The summed E-state index contributed by atoms with van der Waals surface area (Å²) in [7, 11) is -4.02. The number of Topliss-reactive ketones (excluding diaryl/α,β-unsaturated/α-hetero) is 1. The third-order valence-corrected chi connectivity index (χ3v) is 5.55. The van der Waals surface area contributed by atoms with Crippen LogP contribution in [-0.4, -0.2) is 24.5 Å². The molecule has 0 aliphatic heterocycles. The quantitative estimate of drug-likeness (QED) is 0.789. The molecular weight excluding hydrogens is 240 g/mol. The number of ketones is 1. The fraction of sp³-hybridized carbons (Fsp3) is 0.917.